The van der Waals surface area contributed by atoms with Crippen LogP contribution in [-0.2, 0) is 0 Å². The van der Waals surface area contributed by atoms with Crippen molar-refractivity contribution >= 4 is 5.82 Å². The van der Waals surface area contributed by atoms with Crippen LogP contribution in [0.15, 0.2) is 12.4 Å². The minimum absolute atomic E-state index is 0.476. The van der Waals surface area contributed by atoms with Crippen LogP contribution in [0.2, 0.25) is 0 Å². The smallest absolute Gasteiger partial charge is 0.183 e. The normalized spacial score (nSPS) is 27.4. The predicted octanol–water partition coefficient (Wildman–Crippen LogP) is 2.51. The Labute approximate surface area is 108 Å². The third-order valence-electron chi connectivity index (χ3n) is 4.30. The lowest BCUT2D eigenvalue weighted by molar-refractivity contribution is 0.242. The molecule has 0 amide bonds. The molecule has 1 aliphatic heterocycles. The Bertz CT molecular complexity index is 463. The molecular formula is C14H18N4. The van der Waals surface area contributed by atoms with Crippen LogP contribution >= 0.6 is 0 Å². The maximum absolute atomic E-state index is 9.17. The van der Waals surface area contributed by atoms with Crippen molar-refractivity contribution in [1.29, 1.82) is 5.26 Å². The van der Waals surface area contributed by atoms with Gasteiger partial charge in [0.1, 0.15) is 6.07 Å². The number of hydrogen-bond acceptors (Lipinski definition) is 4. The third kappa shape index (κ3) is 1.94. The van der Waals surface area contributed by atoms with Gasteiger partial charge in [-0.05, 0) is 31.6 Å². The molecule has 2 fully saturated rings. The van der Waals surface area contributed by atoms with Gasteiger partial charge < -0.3 is 4.90 Å². The maximum atomic E-state index is 9.17. The molecule has 1 aliphatic carbocycles. The van der Waals surface area contributed by atoms with Gasteiger partial charge in [0.15, 0.2) is 11.5 Å². The number of nitrogens with zero attached hydrogens (tertiary/aromatic N) is 4. The van der Waals surface area contributed by atoms with Crippen LogP contribution in [0.25, 0.3) is 0 Å². The van der Waals surface area contributed by atoms with Gasteiger partial charge in [0.25, 0.3) is 0 Å². The molecule has 94 valence electrons. The predicted molar refractivity (Wildman–Crippen MR) is 69.1 cm³/mol. The van der Waals surface area contributed by atoms with Crippen molar-refractivity contribution in [2.24, 2.45) is 5.92 Å². The highest BCUT2D eigenvalue weighted by atomic mass is 15.2. The van der Waals surface area contributed by atoms with Crippen molar-refractivity contribution in [3.05, 3.63) is 18.1 Å². The van der Waals surface area contributed by atoms with E-state index in [0.29, 0.717) is 11.7 Å². The fourth-order valence-corrected chi connectivity index (χ4v) is 3.51. The monoisotopic (exact) mass is 242 g/mol. The lowest BCUT2D eigenvalue weighted by Crippen LogP contribution is -2.47. The summed E-state index contributed by atoms with van der Waals surface area (Å²) in [6, 6.07) is 2.75. The van der Waals surface area contributed by atoms with E-state index in [1.807, 2.05) is 0 Å². The summed E-state index contributed by atoms with van der Waals surface area (Å²) < 4.78 is 0. The molecule has 3 rings (SSSR count). The van der Waals surface area contributed by atoms with E-state index < -0.39 is 0 Å². The fraction of sp³-hybridized carbons (Fsp3) is 0.643. The van der Waals surface area contributed by atoms with Crippen molar-refractivity contribution in [1.82, 2.24) is 9.97 Å². The van der Waals surface area contributed by atoms with E-state index in [1.54, 1.807) is 12.4 Å². The van der Waals surface area contributed by atoms with Crippen LogP contribution < -0.4 is 4.90 Å². The lowest BCUT2D eigenvalue weighted by atomic mass is 9.78. The average Bonchev–Trinajstić information content (AvgIpc) is 2.46. The van der Waals surface area contributed by atoms with Crippen LogP contribution in [0.4, 0.5) is 5.82 Å². The summed E-state index contributed by atoms with van der Waals surface area (Å²) in [5, 5.41) is 9.17. The Hall–Kier alpha value is -1.63. The van der Waals surface area contributed by atoms with Crippen LogP contribution in [0.5, 0.6) is 0 Å². The van der Waals surface area contributed by atoms with Crippen LogP contribution in [0.1, 0.15) is 44.2 Å². The van der Waals surface area contributed by atoms with Gasteiger partial charge >= 0.3 is 0 Å². The summed E-state index contributed by atoms with van der Waals surface area (Å²) >= 11 is 0. The molecule has 2 atom stereocenters. The van der Waals surface area contributed by atoms with E-state index in [1.165, 1.54) is 38.5 Å². The van der Waals surface area contributed by atoms with E-state index in [2.05, 4.69) is 20.9 Å². The summed E-state index contributed by atoms with van der Waals surface area (Å²) in [5.74, 6) is 1.60. The van der Waals surface area contributed by atoms with Crippen molar-refractivity contribution in [3.8, 4) is 6.07 Å². The SMILES string of the molecule is N#Cc1nccnc1N1CCC[C@H]2CCCC[C@H]21. The molecule has 18 heavy (non-hydrogen) atoms. The van der Waals surface area contributed by atoms with Gasteiger partial charge in [0.2, 0.25) is 0 Å². The van der Waals surface area contributed by atoms with E-state index in [4.69, 9.17) is 5.26 Å². The maximum Gasteiger partial charge on any atom is 0.183 e. The molecule has 0 radical (unpaired) electrons. The van der Waals surface area contributed by atoms with Gasteiger partial charge in [0.05, 0.1) is 0 Å². The largest absolute Gasteiger partial charge is 0.351 e. The molecule has 2 aliphatic rings. The first-order valence-electron chi connectivity index (χ1n) is 6.88. The summed E-state index contributed by atoms with van der Waals surface area (Å²) in [7, 11) is 0. The quantitative estimate of drug-likeness (QED) is 0.759. The summed E-state index contributed by atoms with van der Waals surface area (Å²) in [4.78, 5) is 10.9. The molecule has 4 nitrogen and oxygen atoms in total. The minimum atomic E-state index is 0.476. The highest BCUT2D eigenvalue weighted by molar-refractivity contribution is 5.50. The molecule has 0 unspecified atom stereocenters. The second-order valence-corrected chi connectivity index (χ2v) is 5.29. The lowest BCUT2D eigenvalue weighted by Gasteiger charge is -2.44. The van der Waals surface area contributed by atoms with Gasteiger partial charge in [-0.2, -0.15) is 5.26 Å². The first-order valence-corrected chi connectivity index (χ1v) is 6.88. The van der Waals surface area contributed by atoms with Crippen LogP contribution in [-0.4, -0.2) is 22.6 Å². The minimum Gasteiger partial charge on any atom is -0.351 e. The van der Waals surface area contributed by atoms with Gasteiger partial charge in [-0.15, -0.1) is 0 Å². The Balaban J connectivity index is 1.92. The Kier molecular flexibility index (Phi) is 3.14. The van der Waals surface area contributed by atoms with E-state index >= 15 is 0 Å². The summed E-state index contributed by atoms with van der Waals surface area (Å²) in [5.41, 5.74) is 0.476. The third-order valence-corrected chi connectivity index (χ3v) is 4.30. The first-order chi connectivity index (χ1) is 8.90. The van der Waals surface area contributed by atoms with Crippen LogP contribution in [0.3, 0.4) is 0 Å². The molecule has 1 saturated heterocycles. The molecular weight excluding hydrogens is 224 g/mol. The highest BCUT2D eigenvalue weighted by Crippen LogP contribution is 2.37. The van der Waals surface area contributed by atoms with Gasteiger partial charge in [-0.3, -0.25) is 0 Å². The van der Waals surface area contributed by atoms with Crippen molar-refractivity contribution in [2.45, 2.75) is 44.6 Å². The number of hydrogen-bond donors (Lipinski definition) is 0. The number of fused-ring (bicyclic) bond motifs is 1. The van der Waals surface area contributed by atoms with Gasteiger partial charge in [-0.25, -0.2) is 9.97 Å². The standard InChI is InChI=1S/C14H18N4/c15-10-12-14(17-8-7-16-12)18-9-3-5-11-4-1-2-6-13(11)18/h7-8,11,13H,1-6,9H2/t11-,13-/m1/s1. The molecule has 0 spiro atoms. The first kappa shape index (κ1) is 11.5. The molecule has 4 heteroatoms. The Morgan fingerprint density at radius 1 is 1.11 bits per heavy atom. The number of piperidine rings is 1. The van der Waals surface area contributed by atoms with Crippen LogP contribution in [0, 0.1) is 17.2 Å². The number of rotatable bonds is 1. The van der Waals surface area contributed by atoms with E-state index in [9.17, 15) is 0 Å². The average molecular weight is 242 g/mol. The zero-order valence-electron chi connectivity index (χ0n) is 10.5. The van der Waals surface area contributed by atoms with E-state index in [-0.39, 0.29) is 0 Å². The second-order valence-electron chi connectivity index (χ2n) is 5.29. The molecule has 2 heterocycles. The van der Waals surface area contributed by atoms with Crippen molar-refractivity contribution in [3.63, 3.8) is 0 Å². The number of anilines is 1. The topological polar surface area (TPSA) is 52.8 Å². The zero-order chi connectivity index (χ0) is 12.4. The summed E-state index contributed by atoms with van der Waals surface area (Å²) in [6.45, 7) is 1.02. The van der Waals surface area contributed by atoms with Gasteiger partial charge in [0, 0.05) is 25.0 Å². The van der Waals surface area contributed by atoms with Crippen molar-refractivity contribution < 1.29 is 0 Å². The highest BCUT2D eigenvalue weighted by Gasteiger charge is 2.34. The molecule has 1 aromatic rings. The molecule has 0 aromatic carbocycles. The van der Waals surface area contributed by atoms with E-state index in [0.717, 1.165) is 18.3 Å². The zero-order valence-corrected chi connectivity index (χ0v) is 10.5. The second kappa shape index (κ2) is 4.93. The van der Waals surface area contributed by atoms with Gasteiger partial charge in [-0.1, -0.05) is 12.8 Å². The number of nitriles is 1. The fourth-order valence-electron chi connectivity index (χ4n) is 3.51. The summed E-state index contributed by atoms with van der Waals surface area (Å²) in [6.07, 6.45) is 11.1. The molecule has 1 aromatic heterocycles. The van der Waals surface area contributed by atoms with Crippen molar-refractivity contribution in [2.75, 3.05) is 11.4 Å². The Morgan fingerprint density at radius 2 is 1.89 bits per heavy atom. The Morgan fingerprint density at radius 3 is 2.78 bits per heavy atom. The molecule has 0 bridgehead atoms. The number of aromatic nitrogens is 2. The molecule has 1 saturated carbocycles. The molecule has 0 N–H and O–H groups in total.